The van der Waals surface area contributed by atoms with Gasteiger partial charge in [0.25, 0.3) is 0 Å². The molecule has 6 heteroatoms. The van der Waals surface area contributed by atoms with Gasteiger partial charge >= 0.3 is 6.03 Å². The van der Waals surface area contributed by atoms with E-state index < -0.39 is 5.41 Å². The number of nitrogens with two attached hydrogens (primary N) is 1. The Balaban J connectivity index is 1.60. The molecule has 2 aliphatic carbocycles. The fourth-order valence-corrected chi connectivity index (χ4v) is 4.91. The van der Waals surface area contributed by atoms with Crippen LogP contribution in [0.15, 0.2) is 18.2 Å². The number of carbonyl (C=O) groups is 2. The lowest BCUT2D eigenvalue weighted by Gasteiger charge is -2.40. The third kappa shape index (κ3) is 4.13. The lowest BCUT2D eigenvalue weighted by Crippen LogP contribution is -2.49. The summed E-state index contributed by atoms with van der Waals surface area (Å²) in [5.74, 6) is 0.355. The number of hydrogen-bond donors (Lipinski definition) is 1. The Morgan fingerprint density at radius 2 is 1.97 bits per heavy atom. The van der Waals surface area contributed by atoms with Gasteiger partial charge in [0.2, 0.25) is 5.91 Å². The van der Waals surface area contributed by atoms with Crippen LogP contribution in [-0.4, -0.2) is 66.9 Å². The normalized spacial score (nSPS) is 26.6. The molecule has 0 spiro atoms. The maximum absolute atomic E-state index is 13.5. The maximum atomic E-state index is 13.5. The zero-order valence-corrected chi connectivity index (χ0v) is 18.3. The highest BCUT2D eigenvalue weighted by Crippen LogP contribution is 2.46. The van der Waals surface area contributed by atoms with E-state index in [1.807, 2.05) is 21.9 Å². The zero-order chi connectivity index (χ0) is 21.4. The number of urea groups is 1. The average molecular weight is 411 g/mol. The number of amides is 3. The quantitative estimate of drug-likeness (QED) is 0.751. The topological polar surface area (TPSA) is 69.9 Å². The first-order valence-corrected chi connectivity index (χ1v) is 11.3. The van der Waals surface area contributed by atoms with Gasteiger partial charge < -0.3 is 15.5 Å². The molecule has 1 aliphatic heterocycles. The van der Waals surface area contributed by atoms with Crippen molar-refractivity contribution in [3.8, 4) is 0 Å². The van der Waals surface area contributed by atoms with E-state index in [9.17, 15) is 9.59 Å². The van der Waals surface area contributed by atoms with Gasteiger partial charge in [-0.1, -0.05) is 18.2 Å². The van der Waals surface area contributed by atoms with Gasteiger partial charge in [-0.2, -0.15) is 0 Å². The molecule has 4 rings (SSSR count). The lowest BCUT2D eigenvalue weighted by molar-refractivity contribution is -0.123. The zero-order valence-electron chi connectivity index (χ0n) is 18.3. The number of primary amides is 1. The molecule has 2 N–H and O–H groups in total. The van der Waals surface area contributed by atoms with Crippen molar-refractivity contribution in [3.05, 3.63) is 35.9 Å². The van der Waals surface area contributed by atoms with Crippen LogP contribution < -0.4 is 5.73 Å². The Morgan fingerprint density at radius 1 is 1.20 bits per heavy atom. The van der Waals surface area contributed by atoms with E-state index >= 15 is 0 Å². The smallest absolute Gasteiger partial charge is 0.320 e. The standard InChI is InChI=1S/C24H34N4O2/c1-26(2)24(20-7-4-3-5-8-20)11-6-15-28(18-23(12-13-23)21(25)29)22(30)27(16-14-24)17-19-9-10-19/h3-4,7,19H,6,9-18H2,1-2H3,(H2,25,29)/t24-/m0/s1. The molecule has 3 amide bonds. The van der Waals surface area contributed by atoms with Crippen LogP contribution in [0, 0.1) is 23.5 Å². The van der Waals surface area contributed by atoms with Crippen molar-refractivity contribution in [3.63, 3.8) is 0 Å². The van der Waals surface area contributed by atoms with Gasteiger partial charge in [0, 0.05) is 31.7 Å². The maximum Gasteiger partial charge on any atom is 0.320 e. The summed E-state index contributed by atoms with van der Waals surface area (Å²) in [5, 5.41) is 0. The summed E-state index contributed by atoms with van der Waals surface area (Å²) in [6.07, 6.45) is 6.67. The van der Waals surface area contributed by atoms with E-state index in [2.05, 4.69) is 37.2 Å². The van der Waals surface area contributed by atoms with Gasteiger partial charge in [0.05, 0.1) is 11.0 Å². The van der Waals surface area contributed by atoms with Gasteiger partial charge in [0.1, 0.15) is 0 Å². The minimum Gasteiger partial charge on any atom is -0.369 e. The van der Waals surface area contributed by atoms with E-state index in [4.69, 9.17) is 5.73 Å². The summed E-state index contributed by atoms with van der Waals surface area (Å²) in [6, 6.07) is 12.6. The van der Waals surface area contributed by atoms with E-state index in [1.54, 1.807) is 0 Å². The van der Waals surface area contributed by atoms with Crippen molar-refractivity contribution in [2.75, 3.05) is 40.3 Å². The number of carbonyl (C=O) groups excluding carboxylic acids is 2. The molecule has 6 nitrogen and oxygen atoms in total. The summed E-state index contributed by atoms with van der Waals surface area (Å²) in [5.41, 5.74) is 6.12. The molecule has 0 bridgehead atoms. The molecule has 1 saturated heterocycles. The molecule has 0 aromatic heterocycles. The van der Waals surface area contributed by atoms with Gasteiger partial charge in [-0.15, -0.1) is 0 Å². The molecule has 1 aromatic rings. The van der Waals surface area contributed by atoms with Crippen LogP contribution in [0.25, 0.3) is 0 Å². The van der Waals surface area contributed by atoms with Crippen LogP contribution in [0.1, 0.15) is 50.5 Å². The highest BCUT2D eigenvalue weighted by Gasteiger charge is 2.51. The number of hydrogen-bond acceptors (Lipinski definition) is 3. The third-order valence-electron chi connectivity index (χ3n) is 7.41. The highest BCUT2D eigenvalue weighted by atomic mass is 16.2. The van der Waals surface area contributed by atoms with Crippen LogP contribution in [0.4, 0.5) is 4.79 Å². The van der Waals surface area contributed by atoms with E-state index in [-0.39, 0.29) is 17.5 Å². The molecule has 1 atom stereocenters. The molecule has 3 fully saturated rings. The molecular formula is C24H34N4O2. The first-order chi connectivity index (χ1) is 14.4. The van der Waals surface area contributed by atoms with Crippen molar-refractivity contribution in [2.24, 2.45) is 17.1 Å². The number of rotatable bonds is 7. The number of nitrogens with zero attached hydrogens (tertiary/aromatic N) is 3. The average Bonchev–Trinajstić information content (AvgIpc) is 3.64. The summed E-state index contributed by atoms with van der Waals surface area (Å²) in [4.78, 5) is 31.7. The SMILES string of the molecule is CN(C)[C@@]1(c2c#cccc2)CCCN(CC2(C(N)=O)CC2)C(=O)N(CC2CC2)CC1. The summed E-state index contributed by atoms with van der Waals surface area (Å²) in [6.45, 7) is 2.63. The third-order valence-corrected chi connectivity index (χ3v) is 7.41. The second-order valence-corrected chi connectivity index (χ2v) is 9.73. The molecule has 30 heavy (non-hydrogen) atoms. The van der Waals surface area contributed by atoms with Gasteiger partial charge in [-0.3, -0.25) is 9.69 Å². The Morgan fingerprint density at radius 3 is 2.53 bits per heavy atom. The van der Waals surface area contributed by atoms with Gasteiger partial charge in [-0.05, 0) is 77.1 Å². The van der Waals surface area contributed by atoms with Crippen LogP contribution in [0.2, 0.25) is 0 Å². The minimum atomic E-state index is -0.504. The predicted octanol–water partition coefficient (Wildman–Crippen LogP) is 2.63. The van der Waals surface area contributed by atoms with Crippen LogP contribution in [0.5, 0.6) is 0 Å². The molecule has 162 valence electrons. The lowest BCUT2D eigenvalue weighted by atomic mass is 9.81. The Labute approximate surface area is 180 Å². The molecule has 2 saturated carbocycles. The fourth-order valence-electron chi connectivity index (χ4n) is 4.91. The molecular weight excluding hydrogens is 376 g/mol. The van der Waals surface area contributed by atoms with Crippen LogP contribution in [-0.2, 0) is 10.3 Å². The van der Waals surface area contributed by atoms with E-state index in [0.29, 0.717) is 25.6 Å². The van der Waals surface area contributed by atoms with Gasteiger partial charge in [-0.25, -0.2) is 4.79 Å². The fraction of sp³-hybridized carbons (Fsp3) is 0.667. The second kappa shape index (κ2) is 8.11. The summed E-state index contributed by atoms with van der Waals surface area (Å²) in [7, 11) is 4.24. The van der Waals surface area contributed by atoms with Crippen molar-refractivity contribution in [1.82, 2.24) is 14.7 Å². The van der Waals surface area contributed by atoms with E-state index in [1.165, 1.54) is 12.8 Å². The summed E-state index contributed by atoms with van der Waals surface area (Å²) >= 11 is 0. The molecule has 3 aliphatic rings. The summed E-state index contributed by atoms with van der Waals surface area (Å²) < 4.78 is 0. The first kappa shape index (κ1) is 21.0. The Bertz CT molecular complexity index is 773. The predicted molar refractivity (Wildman–Crippen MR) is 115 cm³/mol. The largest absolute Gasteiger partial charge is 0.369 e. The van der Waals surface area contributed by atoms with Crippen LogP contribution >= 0.6 is 0 Å². The van der Waals surface area contributed by atoms with Crippen LogP contribution in [0.3, 0.4) is 0 Å². The van der Waals surface area contributed by atoms with Crippen molar-refractivity contribution >= 4 is 11.9 Å². The van der Waals surface area contributed by atoms with E-state index in [0.717, 1.165) is 44.2 Å². The molecule has 1 heterocycles. The highest BCUT2D eigenvalue weighted by molar-refractivity contribution is 5.85. The van der Waals surface area contributed by atoms with Crippen molar-refractivity contribution in [2.45, 2.75) is 50.5 Å². The van der Waals surface area contributed by atoms with Crippen molar-refractivity contribution in [1.29, 1.82) is 0 Å². The van der Waals surface area contributed by atoms with Gasteiger partial charge in [0.15, 0.2) is 0 Å². The Hall–Kier alpha value is -2.26. The molecule has 0 unspecified atom stereocenters. The first-order valence-electron chi connectivity index (χ1n) is 11.3. The Kier molecular flexibility index (Phi) is 5.67. The second-order valence-electron chi connectivity index (χ2n) is 9.73. The minimum absolute atomic E-state index is 0.0765. The monoisotopic (exact) mass is 410 g/mol. The molecule has 1 aromatic carbocycles. The van der Waals surface area contributed by atoms with Crippen molar-refractivity contribution < 1.29 is 9.59 Å². The molecule has 0 radical (unpaired) electrons.